The minimum Gasteiger partial charge on any atom is -0.493 e. The van der Waals surface area contributed by atoms with Gasteiger partial charge in [-0.05, 0) is 44.0 Å². The molecule has 0 spiro atoms. The van der Waals surface area contributed by atoms with Gasteiger partial charge in [-0.2, -0.15) is 4.39 Å². The molecule has 29 heavy (non-hydrogen) atoms. The minimum atomic E-state index is -0.729. The highest BCUT2D eigenvalue weighted by Crippen LogP contribution is 2.30. The summed E-state index contributed by atoms with van der Waals surface area (Å²) in [6, 6.07) is 6.07. The number of ether oxygens (including phenoxy) is 1. The van der Waals surface area contributed by atoms with E-state index in [4.69, 9.17) is 4.74 Å². The fourth-order valence-corrected chi connectivity index (χ4v) is 3.54. The number of fused-ring (bicyclic) bond motifs is 1. The predicted octanol–water partition coefficient (Wildman–Crippen LogP) is 3.54. The summed E-state index contributed by atoms with van der Waals surface area (Å²) in [6.45, 7) is 2.89. The van der Waals surface area contributed by atoms with Crippen LogP contribution in [-0.2, 0) is 19.5 Å². The van der Waals surface area contributed by atoms with Gasteiger partial charge >= 0.3 is 0 Å². The Bertz CT molecular complexity index is 1110. The molecule has 1 aromatic carbocycles. The number of nitrogens with one attached hydrogen (secondary N) is 1. The first-order chi connectivity index (χ1) is 14.1. The SMILES string of the molecule is CCn1c(NCc2c(F)ccc3c2CCCO3)ncc(-c2cccnc2F)c1=O. The molecule has 0 unspecified atom stereocenters. The van der Waals surface area contributed by atoms with E-state index in [1.807, 2.05) is 0 Å². The summed E-state index contributed by atoms with van der Waals surface area (Å²) in [5.41, 5.74) is 1.17. The van der Waals surface area contributed by atoms with E-state index in [0.29, 0.717) is 30.4 Å². The second-order valence-electron chi connectivity index (χ2n) is 6.69. The smallest absolute Gasteiger partial charge is 0.262 e. The van der Waals surface area contributed by atoms with E-state index in [0.717, 1.165) is 18.4 Å². The van der Waals surface area contributed by atoms with E-state index in [9.17, 15) is 13.6 Å². The highest BCUT2D eigenvalue weighted by Gasteiger charge is 2.19. The lowest BCUT2D eigenvalue weighted by atomic mass is 9.99. The number of halogens is 2. The first kappa shape index (κ1) is 19.0. The molecule has 4 rings (SSSR count). The summed E-state index contributed by atoms with van der Waals surface area (Å²) in [4.78, 5) is 20.8. The molecule has 0 saturated carbocycles. The Hall–Kier alpha value is -3.29. The molecule has 0 atom stereocenters. The molecule has 3 heterocycles. The maximum absolute atomic E-state index is 14.4. The van der Waals surface area contributed by atoms with Crippen molar-refractivity contribution < 1.29 is 13.5 Å². The Labute approximate surface area is 166 Å². The first-order valence-electron chi connectivity index (χ1n) is 9.47. The van der Waals surface area contributed by atoms with Crippen LogP contribution in [-0.4, -0.2) is 21.1 Å². The monoisotopic (exact) mass is 398 g/mol. The maximum Gasteiger partial charge on any atom is 0.262 e. The molecular formula is C21H20F2N4O2. The zero-order valence-corrected chi connectivity index (χ0v) is 15.9. The van der Waals surface area contributed by atoms with Crippen molar-refractivity contribution in [2.24, 2.45) is 0 Å². The van der Waals surface area contributed by atoms with Gasteiger partial charge in [-0.15, -0.1) is 0 Å². The van der Waals surface area contributed by atoms with Crippen LogP contribution >= 0.6 is 0 Å². The quantitative estimate of drug-likeness (QED) is 0.666. The molecule has 0 amide bonds. The molecule has 8 heteroatoms. The fourth-order valence-electron chi connectivity index (χ4n) is 3.54. The number of pyridine rings is 1. The number of anilines is 1. The summed E-state index contributed by atoms with van der Waals surface area (Å²) < 4.78 is 35.4. The van der Waals surface area contributed by atoms with Crippen LogP contribution in [0.25, 0.3) is 11.1 Å². The molecule has 0 radical (unpaired) electrons. The van der Waals surface area contributed by atoms with Gasteiger partial charge in [0.1, 0.15) is 11.6 Å². The number of hydrogen-bond donors (Lipinski definition) is 1. The maximum atomic E-state index is 14.4. The van der Waals surface area contributed by atoms with E-state index >= 15 is 0 Å². The number of benzene rings is 1. The Morgan fingerprint density at radius 1 is 1.21 bits per heavy atom. The van der Waals surface area contributed by atoms with Gasteiger partial charge in [-0.1, -0.05) is 0 Å². The lowest BCUT2D eigenvalue weighted by Gasteiger charge is -2.21. The van der Waals surface area contributed by atoms with Gasteiger partial charge in [0.15, 0.2) is 0 Å². The standard InChI is InChI=1S/C21H20F2N4O2/c1-2-27-20(28)16(14-5-3-9-24-19(14)23)12-26-21(27)25-11-15-13-6-4-10-29-18(13)8-7-17(15)22/h3,5,7-9,12H,2,4,6,10-11H2,1H3,(H,25,26). The summed E-state index contributed by atoms with van der Waals surface area (Å²) in [7, 11) is 0. The Morgan fingerprint density at radius 3 is 2.86 bits per heavy atom. The molecule has 0 saturated heterocycles. The molecule has 150 valence electrons. The second-order valence-corrected chi connectivity index (χ2v) is 6.69. The van der Waals surface area contributed by atoms with Crippen molar-refractivity contribution in [2.45, 2.75) is 32.9 Å². The summed E-state index contributed by atoms with van der Waals surface area (Å²) in [5, 5.41) is 3.05. The van der Waals surface area contributed by atoms with Crippen LogP contribution in [0.2, 0.25) is 0 Å². The van der Waals surface area contributed by atoms with E-state index < -0.39 is 11.5 Å². The molecule has 6 nitrogen and oxygen atoms in total. The van der Waals surface area contributed by atoms with Gasteiger partial charge in [-0.3, -0.25) is 9.36 Å². The Kier molecular flexibility index (Phi) is 5.24. The summed E-state index contributed by atoms with van der Waals surface area (Å²) in [6.07, 6.45) is 4.19. The zero-order valence-electron chi connectivity index (χ0n) is 15.9. The molecule has 0 aliphatic carbocycles. The van der Waals surface area contributed by atoms with E-state index in [1.165, 1.54) is 29.1 Å². The Balaban J connectivity index is 1.67. The van der Waals surface area contributed by atoms with Gasteiger partial charge in [0.05, 0.1) is 12.2 Å². The molecule has 1 aliphatic rings. The lowest BCUT2D eigenvalue weighted by Crippen LogP contribution is -2.26. The van der Waals surface area contributed by atoms with E-state index in [-0.39, 0.29) is 23.5 Å². The molecule has 3 aromatic rings. The molecule has 1 aliphatic heterocycles. The highest BCUT2D eigenvalue weighted by molar-refractivity contribution is 5.61. The molecule has 1 N–H and O–H groups in total. The van der Waals surface area contributed by atoms with Gasteiger partial charge in [0.25, 0.3) is 5.56 Å². The number of rotatable bonds is 5. The lowest BCUT2D eigenvalue weighted by molar-refractivity contribution is 0.286. The van der Waals surface area contributed by atoms with Gasteiger partial charge < -0.3 is 10.1 Å². The van der Waals surface area contributed by atoms with Crippen molar-refractivity contribution in [3.63, 3.8) is 0 Å². The fraction of sp³-hybridized carbons (Fsp3) is 0.286. The third-order valence-corrected chi connectivity index (χ3v) is 5.00. The second kappa shape index (κ2) is 7.98. The van der Waals surface area contributed by atoms with Crippen molar-refractivity contribution in [3.8, 4) is 16.9 Å². The van der Waals surface area contributed by atoms with Crippen LogP contribution in [0.3, 0.4) is 0 Å². The largest absolute Gasteiger partial charge is 0.493 e. The number of aromatic nitrogens is 3. The van der Waals surface area contributed by atoms with Crippen LogP contribution in [0.4, 0.5) is 14.7 Å². The van der Waals surface area contributed by atoms with Crippen molar-refractivity contribution in [1.29, 1.82) is 0 Å². The topological polar surface area (TPSA) is 69.0 Å². The van der Waals surface area contributed by atoms with Crippen molar-refractivity contribution in [2.75, 3.05) is 11.9 Å². The minimum absolute atomic E-state index is 0.0964. The third-order valence-electron chi connectivity index (χ3n) is 5.00. The van der Waals surface area contributed by atoms with Gasteiger partial charge in [0, 0.05) is 42.2 Å². The summed E-state index contributed by atoms with van der Waals surface area (Å²) in [5.74, 6) is -0.0779. The van der Waals surface area contributed by atoms with Gasteiger partial charge in [0.2, 0.25) is 11.9 Å². The van der Waals surface area contributed by atoms with E-state index in [1.54, 1.807) is 19.1 Å². The van der Waals surface area contributed by atoms with Crippen molar-refractivity contribution >= 4 is 5.95 Å². The van der Waals surface area contributed by atoms with Crippen LogP contribution in [0.15, 0.2) is 41.5 Å². The van der Waals surface area contributed by atoms with Crippen LogP contribution in [0.1, 0.15) is 24.5 Å². The number of nitrogens with zero attached hydrogens (tertiary/aromatic N) is 3. The number of hydrogen-bond acceptors (Lipinski definition) is 5. The third kappa shape index (κ3) is 3.57. The van der Waals surface area contributed by atoms with Gasteiger partial charge in [-0.25, -0.2) is 14.4 Å². The normalized spacial score (nSPS) is 12.9. The average Bonchev–Trinajstić information content (AvgIpc) is 2.74. The summed E-state index contributed by atoms with van der Waals surface area (Å²) >= 11 is 0. The highest BCUT2D eigenvalue weighted by atomic mass is 19.1. The molecule has 0 fully saturated rings. The predicted molar refractivity (Wildman–Crippen MR) is 105 cm³/mol. The first-order valence-corrected chi connectivity index (χ1v) is 9.47. The van der Waals surface area contributed by atoms with Crippen LogP contribution in [0.5, 0.6) is 5.75 Å². The van der Waals surface area contributed by atoms with Crippen LogP contribution in [0, 0.1) is 11.8 Å². The zero-order chi connectivity index (χ0) is 20.4. The Morgan fingerprint density at radius 2 is 2.07 bits per heavy atom. The van der Waals surface area contributed by atoms with Crippen LogP contribution < -0.4 is 15.6 Å². The van der Waals surface area contributed by atoms with Crippen molar-refractivity contribution in [1.82, 2.24) is 14.5 Å². The van der Waals surface area contributed by atoms with Crippen molar-refractivity contribution in [3.05, 3.63) is 69.9 Å². The molecule has 0 bridgehead atoms. The average molecular weight is 398 g/mol. The van der Waals surface area contributed by atoms with E-state index in [2.05, 4.69) is 15.3 Å². The molecular weight excluding hydrogens is 378 g/mol. The molecule has 2 aromatic heterocycles.